The number of ether oxygens (including phenoxy) is 2. The fourth-order valence-corrected chi connectivity index (χ4v) is 2.73. The molecule has 1 atom stereocenters. The molecule has 0 fully saturated rings. The Bertz CT molecular complexity index is 772. The van der Waals surface area contributed by atoms with Crippen LogP contribution in [0, 0.1) is 0 Å². The van der Waals surface area contributed by atoms with Crippen LogP contribution in [0.4, 0.5) is 0 Å². The molecule has 0 aliphatic carbocycles. The second kappa shape index (κ2) is 7.26. The van der Waals surface area contributed by atoms with Crippen molar-refractivity contribution in [1.82, 2.24) is 0 Å². The third-order valence-corrected chi connectivity index (χ3v) is 4.15. The van der Waals surface area contributed by atoms with Gasteiger partial charge in [0.1, 0.15) is 5.02 Å². The van der Waals surface area contributed by atoms with E-state index in [9.17, 15) is 22.8 Å². The lowest BCUT2D eigenvalue weighted by atomic mass is 10.1. The zero-order valence-corrected chi connectivity index (χ0v) is 14.0. The maximum Gasteiger partial charge on any atom is 0.308 e. The van der Waals surface area contributed by atoms with E-state index >= 15 is 0 Å². The van der Waals surface area contributed by atoms with Crippen molar-refractivity contribution >= 4 is 51.5 Å². The topological polar surface area (TPSA) is 124 Å². The molecular formula is C12H9Cl2O8S. The van der Waals surface area contributed by atoms with Crippen LogP contribution in [-0.4, -0.2) is 31.2 Å². The summed E-state index contributed by atoms with van der Waals surface area (Å²) in [5.41, 5.74) is -0.499. The van der Waals surface area contributed by atoms with Gasteiger partial charge < -0.3 is 9.47 Å². The van der Waals surface area contributed by atoms with Crippen molar-refractivity contribution in [3.63, 3.8) is 0 Å². The minimum absolute atomic E-state index is 0.442. The van der Waals surface area contributed by atoms with E-state index in [1.165, 1.54) is 0 Å². The number of hydrogen-bond donors (Lipinski definition) is 1. The van der Waals surface area contributed by atoms with E-state index in [4.69, 9.17) is 37.2 Å². The van der Waals surface area contributed by atoms with E-state index in [0.29, 0.717) is 0 Å². The third kappa shape index (κ3) is 4.64. The van der Waals surface area contributed by atoms with Crippen LogP contribution in [0.2, 0.25) is 10.0 Å². The van der Waals surface area contributed by atoms with Crippen molar-refractivity contribution in [3.8, 4) is 11.5 Å². The van der Waals surface area contributed by atoms with Crippen LogP contribution in [0.15, 0.2) is 6.07 Å². The number of esters is 2. The largest absolute Gasteiger partial charge is 0.423 e. The highest BCUT2D eigenvalue weighted by molar-refractivity contribution is 7.86. The molecule has 0 saturated carbocycles. The van der Waals surface area contributed by atoms with Crippen LogP contribution >= 0.6 is 23.2 Å². The van der Waals surface area contributed by atoms with Crippen LogP contribution in [0.25, 0.3) is 0 Å². The van der Waals surface area contributed by atoms with Gasteiger partial charge in [-0.2, -0.15) is 8.42 Å². The Morgan fingerprint density at radius 3 is 2.09 bits per heavy atom. The summed E-state index contributed by atoms with van der Waals surface area (Å²) in [5.74, 6) is -2.57. The second-order valence-corrected chi connectivity index (χ2v) is 6.38. The SMILES string of the molecule is CC(=O)Oc1cc(C([C]=O)S(=O)(=O)O)c(Cl)c(Cl)c1OC(C)=O. The number of hydrogen-bond acceptors (Lipinski definition) is 7. The lowest BCUT2D eigenvalue weighted by molar-refractivity contribution is -0.134. The van der Waals surface area contributed by atoms with E-state index in [-0.39, 0.29) is 0 Å². The van der Waals surface area contributed by atoms with Gasteiger partial charge in [0, 0.05) is 19.4 Å². The molecule has 0 heterocycles. The fraction of sp³-hybridized carbons (Fsp3) is 0.250. The zero-order valence-electron chi connectivity index (χ0n) is 11.6. The van der Waals surface area contributed by atoms with Gasteiger partial charge in [0.2, 0.25) is 6.29 Å². The normalized spacial score (nSPS) is 12.4. The molecule has 1 aromatic rings. The number of benzene rings is 1. The van der Waals surface area contributed by atoms with E-state index < -0.39 is 54.4 Å². The van der Waals surface area contributed by atoms with Crippen molar-refractivity contribution in [2.75, 3.05) is 0 Å². The molecule has 0 spiro atoms. The molecule has 1 radical (unpaired) electrons. The van der Waals surface area contributed by atoms with Gasteiger partial charge in [-0.25, -0.2) is 0 Å². The van der Waals surface area contributed by atoms with Crippen LogP contribution in [0.3, 0.4) is 0 Å². The fourth-order valence-electron chi connectivity index (χ4n) is 1.55. The predicted octanol–water partition coefficient (Wildman–Crippen LogP) is 1.88. The molecular weight excluding hydrogens is 375 g/mol. The van der Waals surface area contributed by atoms with E-state index in [1.54, 1.807) is 0 Å². The predicted molar refractivity (Wildman–Crippen MR) is 79.1 cm³/mol. The molecule has 1 rings (SSSR count). The quantitative estimate of drug-likeness (QED) is 0.464. The maximum absolute atomic E-state index is 11.2. The van der Waals surface area contributed by atoms with E-state index in [0.717, 1.165) is 26.2 Å². The van der Waals surface area contributed by atoms with Crippen molar-refractivity contribution in [1.29, 1.82) is 0 Å². The van der Waals surface area contributed by atoms with Gasteiger partial charge in [0.15, 0.2) is 16.7 Å². The second-order valence-electron chi connectivity index (χ2n) is 4.12. The lowest BCUT2D eigenvalue weighted by Gasteiger charge is -2.16. The molecule has 11 heteroatoms. The van der Waals surface area contributed by atoms with Gasteiger partial charge in [0.25, 0.3) is 10.1 Å². The van der Waals surface area contributed by atoms with Crippen molar-refractivity contribution < 1.29 is 36.8 Å². The van der Waals surface area contributed by atoms with E-state index in [1.807, 2.05) is 0 Å². The monoisotopic (exact) mass is 383 g/mol. The molecule has 0 aliphatic heterocycles. The summed E-state index contributed by atoms with van der Waals surface area (Å²) in [6, 6.07) is 0.831. The summed E-state index contributed by atoms with van der Waals surface area (Å²) in [6.07, 6.45) is 1.09. The number of carbonyl (C=O) groups is 2. The van der Waals surface area contributed by atoms with Gasteiger partial charge in [-0.15, -0.1) is 0 Å². The Kier molecular flexibility index (Phi) is 6.11. The molecule has 0 bridgehead atoms. The molecule has 1 aromatic carbocycles. The highest BCUT2D eigenvalue weighted by Crippen LogP contribution is 2.45. The summed E-state index contributed by atoms with van der Waals surface area (Å²) >= 11 is 11.7. The molecule has 1 N–H and O–H groups in total. The smallest absolute Gasteiger partial charge is 0.308 e. The van der Waals surface area contributed by atoms with Crippen molar-refractivity contribution in [2.24, 2.45) is 0 Å². The summed E-state index contributed by atoms with van der Waals surface area (Å²) in [5, 5.41) is -3.17. The molecule has 0 saturated heterocycles. The highest BCUT2D eigenvalue weighted by Gasteiger charge is 2.32. The Morgan fingerprint density at radius 1 is 1.17 bits per heavy atom. The Hall–Kier alpha value is -1.68. The highest BCUT2D eigenvalue weighted by atomic mass is 35.5. The Balaban J connectivity index is 3.69. The molecule has 8 nitrogen and oxygen atoms in total. The Labute approximate surface area is 141 Å². The molecule has 23 heavy (non-hydrogen) atoms. The number of carbonyl (C=O) groups excluding carboxylic acids is 3. The van der Waals surface area contributed by atoms with Crippen molar-refractivity contribution in [3.05, 3.63) is 21.7 Å². The maximum atomic E-state index is 11.2. The number of rotatable bonds is 5. The van der Waals surface area contributed by atoms with Gasteiger partial charge in [0.05, 0.1) is 5.02 Å². The third-order valence-electron chi connectivity index (χ3n) is 2.34. The van der Waals surface area contributed by atoms with Gasteiger partial charge in [-0.1, -0.05) is 23.2 Å². The molecule has 0 amide bonds. The summed E-state index contributed by atoms with van der Waals surface area (Å²) in [7, 11) is -4.90. The minimum atomic E-state index is -4.90. The standard InChI is InChI=1S/C12H9Cl2O8S/c1-5(16)21-8-3-7(9(4-15)23(18,19)20)10(13)11(14)12(8)22-6(2)17/h3,9H,1-2H3,(H,18,19,20). The van der Waals surface area contributed by atoms with Gasteiger partial charge in [-0.05, 0) is 6.07 Å². The first-order valence-corrected chi connectivity index (χ1v) is 7.97. The van der Waals surface area contributed by atoms with Gasteiger partial charge >= 0.3 is 11.9 Å². The lowest BCUT2D eigenvalue weighted by Crippen LogP contribution is -2.15. The first-order valence-electron chi connectivity index (χ1n) is 5.71. The zero-order chi connectivity index (χ0) is 17.9. The summed E-state index contributed by atoms with van der Waals surface area (Å²) in [4.78, 5) is 33.1. The molecule has 0 aliphatic rings. The molecule has 125 valence electrons. The first-order chi connectivity index (χ1) is 10.5. The Morgan fingerprint density at radius 2 is 1.70 bits per heavy atom. The van der Waals surface area contributed by atoms with Crippen LogP contribution < -0.4 is 9.47 Å². The van der Waals surface area contributed by atoms with E-state index in [2.05, 4.69) is 0 Å². The molecule has 1 unspecified atom stereocenters. The number of halogens is 2. The summed E-state index contributed by atoms with van der Waals surface area (Å²) < 4.78 is 41.0. The first kappa shape index (κ1) is 19.4. The van der Waals surface area contributed by atoms with Crippen LogP contribution in [0.5, 0.6) is 11.5 Å². The van der Waals surface area contributed by atoms with Crippen LogP contribution in [0.1, 0.15) is 24.7 Å². The van der Waals surface area contributed by atoms with Gasteiger partial charge in [-0.3, -0.25) is 18.9 Å². The van der Waals surface area contributed by atoms with Crippen molar-refractivity contribution in [2.45, 2.75) is 19.1 Å². The molecule has 0 aromatic heterocycles. The van der Waals surface area contributed by atoms with Crippen LogP contribution in [-0.2, 0) is 24.5 Å². The summed E-state index contributed by atoms with van der Waals surface area (Å²) in [6.45, 7) is 2.06. The minimum Gasteiger partial charge on any atom is -0.423 e. The average molecular weight is 384 g/mol. The average Bonchev–Trinajstić information content (AvgIpc) is 2.38.